The number of hydrogen-bond acceptors (Lipinski definition) is 4. The largest absolute Gasteiger partial charge is 0.478 e. The summed E-state index contributed by atoms with van der Waals surface area (Å²) >= 11 is 0. The Hall–Kier alpha value is -3.62. The highest BCUT2D eigenvalue weighted by atomic mass is 19.1. The predicted molar refractivity (Wildman–Crippen MR) is 82.6 cm³/mol. The number of nitrogen functional groups attached to an aromatic ring is 1. The number of H-pyrrole nitrogens is 2. The van der Waals surface area contributed by atoms with Gasteiger partial charge < -0.3 is 25.9 Å². The minimum Gasteiger partial charge on any atom is -0.478 e. The normalized spacial score (nSPS) is 10.9. The van der Waals surface area contributed by atoms with Crippen molar-refractivity contribution in [1.82, 2.24) is 9.97 Å². The first kappa shape index (κ1) is 15.3. The number of halogens is 1. The SMILES string of the molecule is Nc1[nH]c(=O)c(C(=O)O)c(-c2cc(F)c3[nH]ccc3c2)c1C(=O)O. The van der Waals surface area contributed by atoms with Crippen LogP contribution in [0.3, 0.4) is 0 Å². The molecule has 122 valence electrons. The maximum atomic E-state index is 14.2. The summed E-state index contributed by atoms with van der Waals surface area (Å²) < 4.78 is 14.2. The van der Waals surface area contributed by atoms with Gasteiger partial charge in [-0.15, -0.1) is 0 Å². The molecule has 0 unspecified atom stereocenters. The summed E-state index contributed by atoms with van der Waals surface area (Å²) in [7, 11) is 0. The minimum atomic E-state index is -1.65. The third kappa shape index (κ3) is 2.19. The second kappa shape index (κ2) is 5.23. The van der Waals surface area contributed by atoms with Crippen LogP contribution in [0.2, 0.25) is 0 Å². The Morgan fingerprint density at radius 3 is 2.42 bits per heavy atom. The lowest BCUT2D eigenvalue weighted by molar-refractivity contribution is 0.0695. The van der Waals surface area contributed by atoms with Crippen molar-refractivity contribution in [2.45, 2.75) is 0 Å². The van der Waals surface area contributed by atoms with Crippen molar-refractivity contribution < 1.29 is 24.2 Å². The molecular formula is C15H10FN3O5. The lowest BCUT2D eigenvalue weighted by Crippen LogP contribution is -2.24. The highest BCUT2D eigenvalue weighted by molar-refractivity contribution is 6.08. The molecule has 0 spiro atoms. The Balaban J connectivity index is 2.50. The van der Waals surface area contributed by atoms with Crippen LogP contribution in [-0.4, -0.2) is 32.1 Å². The number of carboxylic acid groups (broad SMARTS) is 2. The Kier molecular flexibility index (Phi) is 3.33. The molecule has 6 N–H and O–H groups in total. The van der Waals surface area contributed by atoms with Crippen molar-refractivity contribution in [1.29, 1.82) is 0 Å². The minimum absolute atomic E-state index is 0.0767. The van der Waals surface area contributed by atoms with Crippen molar-refractivity contribution >= 4 is 28.7 Å². The highest BCUT2D eigenvalue weighted by Crippen LogP contribution is 2.32. The Morgan fingerprint density at radius 2 is 1.79 bits per heavy atom. The van der Waals surface area contributed by atoms with Crippen LogP contribution in [-0.2, 0) is 0 Å². The molecule has 0 fully saturated rings. The molecule has 0 atom stereocenters. The van der Waals surface area contributed by atoms with Crippen LogP contribution in [0.25, 0.3) is 22.0 Å². The zero-order valence-electron chi connectivity index (χ0n) is 11.9. The molecule has 2 heterocycles. The molecule has 0 amide bonds. The fourth-order valence-corrected chi connectivity index (χ4v) is 2.61. The number of carbonyl (C=O) groups is 2. The molecule has 3 aromatic rings. The first-order valence-electron chi connectivity index (χ1n) is 6.60. The van der Waals surface area contributed by atoms with Gasteiger partial charge in [-0.1, -0.05) is 0 Å². The fourth-order valence-electron chi connectivity index (χ4n) is 2.61. The quantitative estimate of drug-likeness (QED) is 0.492. The number of carboxylic acids is 2. The van der Waals surface area contributed by atoms with Gasteiger partial charge in [0.2, 0.25) is 0 Å². The number of benzene rings is 1. The summed E-state index contributed by atoms with van der Waals surface area (Å²) in [4.78, 5) is 39.5. The van der Waals surface area contributed by atoms with Gasteiger partial charge in [-0.25, -0.2) is 14.0 Å². The number of aromatic nitrogens is 2. The molecule has 2 aromatic heterocycles. The second-order valence-electron chi connectivity index (χ2n) is 5.00. The van der Waals surface area contributed by atoms with E-state index in [1.165, 1.54) is 18.3 Å². The summed E-state index contributed by atoms with van der Waals surface area (Å²) in [5, 5.41) is 19.0. The molecule has 8 nitrogen and oxygen atoms in total. The molecule has 0 radical (unpaired) electrons. The van der Waals surface area contributed by atoms with E-state index in [0.717, 1.165) is 6.07 Å². The van der Waals surface area contributed by atoms with Gasteiger partial charge in [0.1, 0.15) is 22.8 Å². The van der Waals surface area contributed by atoms with Gasteiger partial charge >= 0.3 is 11.9 Å². The van der Waals surface area contributed by atoms with Gasteiger partial charge in [-0.05, 0) is 23.8 Å². The van der Waals surface area contributed by atoms with E-state index >= 15 is 0 Å². The smallest absolute Gasteiger partial charge is 0.342 e. The third-order valence-corrected chi connectivity index (χ3v) is 3.57. The van der Waals surface area contributed by atoms with Gasteiger partial charge in [0.25, 0.3) is 5.56 Å². The van der Waals surface area contributed by atoms with E-state index in [9.17, 15) is 29.0 Å². The van der Waals surface area contributed by atoms with Crippen molar-refractivity contribution in [2.75, 3.05) is 5.73 Å². The number of anilines is 1. The van der Waals surface area contributed by atoms with Gasteiger partial charge in [0, 0.05) is 17.1 Å². The van der Waals surface area contributed by atoms with Crippen molar-refractivity contribution in [3.63, 3.8) is 0 Å². The van der Waals surface area contributed by atoms with Crippen LogP contribution < -0.4 is 11.3 Å². The summed E-state index contributed by atoms with van der Waals surface area (Å²) in [6.45, 7) is 0. The monoisotopic (exact) mass is 331 g/mol. The van der Waals surface area contributed by atoms with Gasteiger partial charge in [-0.2, -0.15) is 0 Å². The number of pyridine rings is 1. The zero-order chi connectivity index (χ0) is 17.6. The summed E-state index contributed by atoms with van der Waals surface area (Å²) in [5.74, 6) is -4.43. The van der Waals surface area contributed by atoms with Crippen LogP contribution in [0.4, 0.5) is 10.2 Å². The highest BCUT2D eigenvalue weighted by Gasteiger charge is 2.27. The van der Waals surface area contributed by atoms with Crippen LogP contribution in [0.1, 0.15) is 20.7 Å². The lowest BCUT2D eigenvalue weighted by atomic mass is 9.94. The molecule has 0 aliphatic carbocycles. The van der Waals surface area contributed by atoms with Crippen molar-refractivity contribution in [3.8, 4) is 11.1 Å². The van der Waals surface area contributed by atoms with Crippen molar-refractivity contribution in [3.05, 3.63) is 51.7 Å². The topological polar surface area (TPSA) is 149 Å². The van der Waals surface area contributed by atoms with Crippen LogP contribution >= 0.6 is 0 Å². The predicted octanol–water partition coefficient (Wildman–Crippen LogP) is 1.64. The van der Waals surface area contributed by atoms with E-state index in [0.29, 0.717) is 5.39 Å². The first-order chi connectivity index (χ1) is 11.3. The Labute approximate surface area is 132 Å². The van der Waals surface area contributed by atoms with E-state index in [2.05, 4.69) is 4.98 Å². The Morgan fingerprint density at radius 1 is 1.12 bits per heavy atom. The average Bonchev–Trinajstić information content (AvgIpc) is 2.94. The van der Waals surface area contributed by atoms with Crippen LogP contribution in [0.5, 0.6) is 0 Å². The summed E-state index contributed by atoms with van der Waals surface area (Å²) in [5.41, 5.74) is 2.67. The molecule has 3 rings (SSSR count). The molecular weight excluding hydrogens is 321 g/mol. The average molecular weight is 331 g/mol. The number of nitrogens with two attached hydrogens (primary N) is 1. The van der Waals surface area contributed by atoms with E-state index in [4.69, 9.17) is 5.73 Å². The molecule has 9 heteroatoms. The standard InChI is InChI=1S/C15H10FN3O5/c16-7-4-6(3-5-1-2-18-11(5)7)8-9(14(21)22)12(17)19-13(20)10(8)15(23)24/h1-4,18H,(H,21,22)(H,23,24)(H3,17,19,20). The zero-order valence-corrected chi connectivity index (χ0v) is 11.9. The van der Waals surface area contributed by atoms with Crippen molar-refractivity contribution in [2.24, 2.45) is 0 Å². The Bertz CT molecular complexity index is 1070. The van der Waals surface area contributed by atoms with E-state index in [-0.39, 0.29) is 11.1 Å². The number of aromatic amines is 2. The third-order valence-electron chi connectivity index (χ3n) is 3.57. The lowest BCUT2D eigenvalue weighted by Gasteiger charge is -2.12. The molecule has 0 saturated heterocycles. The second-order valence-corrected chi connectivity index (χ2v) is 5.00. The number of aromatic carboxylic acids is 2. The maximum Gasteiger partial charge on any atom is 0.342 e. The van der Waals surface area contributed by atoms with E-state index in [1.807, 2.05) is 4.98 Å². The molecule has 0 aliphatic heterocycles. The van der Waals surface area contributed by atoms with Gasteiger partial charge in [0.15, 0.2) is 0 Å². The number of fused-ring (bicyclic) bond motifs is 1. The van der Waals surface area contributed by atoms with Gasteiger partial charge in [-0.3, -0.25) is 4.79 Å². The summed E-state index contributed by atoms with van der Waals surface area (Å²) in [6.07, 6.45) is 1.47. The fraction of sp³-hybridized carbons (Fsp3) is 0. The molecule has 1 aromatic carbocycles. The van der Waals surface area contributed by atoms with Crippen LogP contribution in [0, 0.1) is 5.82 Å². The number of rotatable bonds is 3. The summed E-state index contributed by atoms with van der Waals surface area (Å²) in [6, 6.07) is 3.85. The van der Waals surface area contributed by atoms with Crippen LogP contribution in [0.15, 0.2) is 29.2 Å². The number of nitrogens with one attached hydrogen (secondary N) is 2. The van der Waals surface area contributed by atoms with E-state index in [1.54, 1.807) is 0 Å². The molecule has 0 aliphatic rings. The molecule has 24 heavy (non-hydrogen) atoms. The maximum absolute atomic E-state index is 14.2. The van der Waals surface area contributed by atoms with E-state index < -0.39 is 45.8 Å². The first-order valence-corrected chi connectivity index (χ1v) is 6.60. The molecule has 0 saturated carbocycles. The van der Waals surface area contributed by atoms with Gasteiger partial charge in [0.05, 0.1) is 5.52 Å². The molecule has 0 bridgehead atoms. The number of hydrogen-bond donors (Lipinski definition) is 5.